The second-order valence-electron chi connectivity index (χ2n) is 5.24. The number of carbonyl (C=O) groups is 3. The van der Waals surface area contributed by atoms with E-state index in [4.69, 9.17) is 25.0 Å². The van der Waals surface area contributed by atoms with Crippen LogP contribution in [0.15, 0.2) is 58.3 Å². The van der Waals surface area contributed by atoms with Crippen LogP contribution in [0.5, 0.6) is 11.5 Å². The van der Waals surface area contributed by atoms with Crippen LogP contribution in [0.3, 0.4) is 0 Å². The number of phenolic OH excluding ortho intramolecular Hbond substituents is 2. The Morgan fingerprint density at radius 1 is 0.972 bits per heavy atom. The van der Waals surface area contributed by atoms with Gasteiger partial charge in [0, 0.05) is 9.79 Å². The van der Waals surface area contributed by atoms with Gasteiger partial charge in [-0.05, 0) is 62.4 Å². The van der Waals surface area contributed by atoms with Crippen LogP contribution in [0.1, 0.15) is 22.7 Å². The Morgan fingerprint density at radius 2 is 1.36 bits per heavy atom. The van der Waals surface area contributed by atoms with Gasteiger partial charge in [-0.2, -0.15) is 0 Å². The summed E-state index contributed by atoms with van der Waals surface area (Å²) in [6.45, 7) is 4.25. The Labute approximate surface area is 350 Å². The van der Waals surface area contributed by atoms with Crippen molar-refractivity contribution in [1.82, 2.24) is 0 Å². The summed E-state index contributed by atoms with van der Waals surface area (Å²) >= 11 is 8.35. The molecule has 14 heteroatoms. The first kappa shape index (κ1) is 47.5. The molecule has 0 aromatic heterocycles. The van der Waals surface area contributed by atoms with Crippen LogP contribution < -0.4 is 143 Å². The number of hydrogen-bond donors (Lipinski definition) is 3. The van der Waals surface area contributed by atoms with Gasteiger partial charge in [-0.1, -0.05) is 23.4 Å². The van der Waals surface area contributed by atoms with Gasteiger partial charge in [0.1, 0.15) is 16.8 Å². The molecule has 2 aromatic rings. The van der Waals surface area contributed by atoms with Crippen LogP contribution >= 0.6 is 40.3 Å². The van der Waals surface area contributed by atoms with Gasteiger partial charge >= 0.3 is 150 Å². The van der Waals surface area contributed by atoms with Crippen molar-refractivity contribution in [3.05, 3.63) is 48.5 Å². The molecule has 0 fully saturated rings. The van der Waals surface area contributed by atoms with Crippen molar-refractivity contribution < 1.29 is 183 Å². The van der Waals surface area contributed by atoms with Crippen molar-refractivity contribution in [1.29, 1.82) is 0 Å². The summed E-state index contributed by atoms with van der Waals surface area (Å²) < 4.78 is 9.28. The number of benzene rings is 2. The molecule has 0 aliphatic carbocycles. The summed E-state index contributed by atoms with van der Waals surface area (Å²) in [4.78, 5) is 34.2. The van der Waals surface area contributed by atoms with Gasteiger partial charge in [0.2, 0.25) is 0 Å². The number of carbonyl (C=O) groups excluding carboxylic acids is 3. The fourth-order valence-corrected chi connectivity index (χ4v) is 2.55. The molecular formula is C22H31BrCs2O9S2. The van der Waals surface area contributed by atoms with Crippen LogP contribution in [-0.2, 0) is 28.7 Å². The number of hydrogen-bond acceptors (Lipinski definition) is 11. The van der Waals surface area contributed by atoms with E-state index < -0.39 is 0 Å². The molecule has 0 radical (unpaired) electrons. The zero-order valence-corrected chi connectivity index (χ0v) is 35.9. The molecule has 9 nitrogen and oxygen atoms in total. The predicted octanol–water partition coefficient (Wildman–Crippen LogP) is -2.14. The number of halogens is 1. The molecular weight excluding hydrogens is 818 g/mol. The SMILES string of the molecule is C.CCOC(=O)CBr.CCOC(=O)CSc1ccc(O)cc1.O=CO[O-].Oc1ccc(S)cc1.[Cs+].[Cs+].[H-]. The summed E-state index contributed by atoms with van der Waals surface area (Å²) in [6, 6.07) is 13.4. The van der Waals surface area contributed by atoms with Gasteiger partial charge in [-0.25, -0.2) is 0 Å². The largest absolute Gasteiger partial charge is 1.00 e. The molecule has 0 saturated carbocycles. The fourth-order valence-electron chi connectivity index (χ4n) is 1.54. The van der Waals surface area contributed by atoms with Gasteiger partial charge in [-0.3, -0.25) is 14.4 Å². The normalized spacial score (nSPS) is 8.03. The van der Waals surface area contributed by atoms with Gasteiger partial charge < -0.3 is 31.3 Å². The maximum Gasteiger partial charge on any atom is 1.00 e. The molecule has 0 aliphatic heterocycles. The second-order valence-corrected chi connectivity index (χ2v) is 7.36. The van der Waals surface area contributed by atoms with Crippen molar-refractivity contribution in [2.45, 2.75) is 31.1 Å². The van der Waals surface area contributed by atoms with E-state index in [0.717, 1.165) is 9.79 Å². The first-order valence-corrected chi connectivity index (χ1v) is 11.8. The van der Waals surface area contributed by atoms with Crippen molar-refractivity contribution in [3.63, 3.8) is 0 Å². The van der Waals surface area contributed by atoms with Gasteiger partial charge in [0.05, 0.1) is 19.0 Å². The minimum absolute atomic E-state index is 0. The number of alkyl halides is 1. The Bertz CT molecular complexity index is 770. The number of thiol groups is 1. The third-order valence-electron chi connectivity index (χ3n) is 2.80. The first-order chi connectivity index (χ1) is 15.7. The average molecular weight is 849 g/mol. The van der Waals surface area contributed by atoms with Crippen molar-refractivity contribution >= 4 is 58.7 Å². The number of esters is 2. The van der Waals surface area contributed by atoms with Gasteiger partial charge in [-0.15, -0.1) is 24.4 Å². The van der Waals surface area contributed by atoms with E-state index in [1.54, 1.807) is 62.4 Å². The van der Waals surface area contributed by atoms with E-state index in [1.807, 2.05) is 0 Å². The molecule has 0 heterocycles. The molecule has 2 aromatic carbocycles. The topological polar surface area (TPSA) is 142 Å². The van der Waals surface area contributed by atoms with E-state index in [9.17, 15) is 9.59 Å². The van der Waals surface area contributed by atoms with Crippen LogP contribution in [0.4, 0.5) is 0 Å². The maximum atomic E-state index is 11.0. The molecule has 2 rings (SSSR count). The summed E-state index contributed by atoms with van der Waals surface area (Å²) in [5.74, 6) is 0.389. The minimum Gasteiger partial charge on any atom is -1.00 e. The fraction of sp³-hybridized carbons (Fsp3) is 0.318. The second kappa shape index (κ2) is 34.7. The van der Waals surface area contributed by atoms with Gasteiger partial charge in [0.15, 0.2) is 0 Å². The molecule has 36 heavy (non-hydrogen) atoms. The zero-order chi connectivity index (χ0) is 25.5. The number of thioether (sulfide) groups is 1. The number of rotatable bonds is 7. The van der Waals surface area contributed by atoms with E-state index in [2.05, 4.69) is 38.2 Å². The Balaban J connectivity index is -0.0000000911. The van der Waals surface area contributed by atoms with E-state index in [0.29, 0.717) is 24.3 Å². The smallest absolute Gasteiger partial charge is 1.00 e. The van der Waals surface area contributed by atoms with Crippen molar-refractivity contribution in [2.24, 2.45) is 0 Å². The van der Waals surface area contributed by atoms with Gasteiger partial charge in [0.25, 0.3) is 6.47 Å². The van der Waals surface area contributed by atoms with Crippen LogP contribution in [0.2, 0.25) is 0 Å². The third-order valence-corrected chi connectivity index (χ3v) is 4.54. The quantitative estimate of drug-likeness (QED) is 0.0539. The molecule has 0 spiro atoms. The Morgan fingerprint density at radius 3 is 1.67 bits per heavy atom. The molecule has 0 unspecified atom stereocenters. The van der Waals surface area contributed by atoms with Crippen LogP contribution in [0.25, 0.3) is 0 Å². The third kappa shape index (κ3) is 33.7. The summed E-state index contributed by atoms with van der Waals surface area (Å²) in [6.07, 6.45) is 0. The monoisotopic (exact) mass is 848 g/mol. The van der Waals surface area contributed by atoms with Crippen LogP contribution in [0, 0.1) is 0 Å². The molecule has 194 valence electrons. The number of ether oxygens (including phenoxy) is 2. The van der Waals surface area contributed by atoms with E-state index in [1.165, 1.54) is 11.8 Å². The average Bonchev–Trinajstić information content (AvgIpc) is 2.82. The molecule has 0 aliphatic rings. The maximum absolute atomic E-state index is 11.0. The summed E-state index contributed by atoms with van der Waals surface area (Å²) in [5, 5.41) is 26.5. The van der Waals surface area contributed by atoms with E-state index in [-0.39, 0.29) is 177 Å². The zero-order valence-electron chi connectivity index (χ0n) is 21.0. The van der Waals surface area contributed by atoms with Crippen LogP contribution in [-0.4, -0.2) is 52.9 Å². The molecule has 0 saturated heterocycles. The van der Waals surface area contributed by atoms with Crippen molar-refractivity contribution in [2.75, 3.05) is 24.3 Å². The van der Waals surface area contributed by atoms with Crippen molar-refractivity contribution in [3.8, 4) is 11.5 Å². The Hall–Kier alpha value is 1.69. The summed E-state index contributed by atoms with van der Waals surface area (Å²) in [7, 11) is 0. The standard InChI is InChI=1S/C10H12O3S.C6H6OS.C4H7BrO2.CH2O3.CH4.2Cs.H/c1-2-13-10(12)7-14-9-5-3-8(11)4-6-9;7-5-1-3-6(8)4-2-5;1-2-7-4(6)3-5;2-1-4-3;;;;/h3-6,11H,2,7H2,1H3;1-4,7-8H;2-3H2,1H3;1,3H;1H4;;;/q;;;;;2*+1;-1/p-1. The molecule has 0 bridgehead atoms. The number of aromatic hydroxyl groups is 2. The first-order valence-electron chi connectivity index (χ1n) is 9.23. The minimum atomic E-state index is -0.217. The Kier molecular flexibility index (Phi) is 45.8. The summed E-state index contributed by atoms with van der Waals surface area (Å²) in [5.41, 5.74) is 0. The van der Waals surface area contributed by atoms with E-state index >= 15 is 0 Å². The molecule has 2 N–H and O–H groups in total. The predicted molar refractivity (Wildman–Crippen MR) is 136 cm³/mol. The number of phenols is 2. The molecule has 0 amide bonds. The molecule has 0 atom stereocenters.